The van der Waals surface area contributed by atoms with Crippen LogP contribution in [0.15, 0.2) is 53.4 Å². The van der Waals surface area contributed by atoms with E-state index in [1.54, 1.807) is 13.0 Å². The highest BCUT2D eigenvalue weighted by molar-refractivity contribution is 5.98. The standard InChI is InChI=1S/C16H17NO3/c1-10-15(11(2)18)13(12-7-5-4-6-8-12)9-14(17-10)16(19)20-3/h4-9,13,17H,1-3H3. The van der Waals surface area contributed by atoms with Crippen LogP contribution in [0.25, 0.3) is 0 Å². The molecule has 0 aromatic heterocycles. The van der Waals surface area contributed by atoms with Gasteiger partial charge in [0.1, 0.15) is 5.70 Å². The van der Waals surface area contributed by atoms with Crippen molar-refractivity contribution in [2.75, 3.05) is 7.11 Å². The summed E-state index contributed by atoms with van der Waals surface area (Å²) in [6.45, 7) is 3.33. The average Bonchev–Trinajstić information content (AvgIpc) is 2.46. The topological polar surface area (TPSA) is 55.4 Å². The van der Waals surface area contributed by atoms with E-state index in [9.17, 15) is 9.59 Å². The third-order valence-electron chi connectivity index (χ3n) is 3.31. The fourth-order valence-electron chi connectivity index (χ4n) is 2.43. The second kappa shape index (κ2) is 5.74. The summed E-state index contributed by atoms with van der Waals surface area (Å²) < 4.78 is 4.74. The molecule has 2 rings (SSSR count). The fraction of sp³-hybridized carbons (Fsp3) is 0.250. The number of dihydropyridines is 1. The normalized spacial score (nSPS) is 18.1. The van der Waals surface area contributed by atoms with E-state index in [1.165, 1.54) is 14.0 Å². The smallest absolute Gasteiger partial charge is 0.354 e. The third kappa shape index (κ3) is 2.64. The molecule has 1 aliphatic heterocycles. The van der Waals surface area contributed by atoms with Crippen LogP contribution < -0.4 is 5.32 Å². The molecule has 4 nitrogen and oxygen atoms in total. The van der Waals surface area contributed by atoms with Gasteiger partial charge in [-0.25, -0.2) is 4.79 Å². The monoisotopic (exact) mass is 271 g/mol. The summed E-state index contributed by atoms with van der Waals surface area (Å²) in [7, 11) is 1.34. The van der Waals surface area contributed by atoms with Crippen molar-refractivity contribution < 1.29 is 14.3 Å². The zero-order valence-corrected chi connectivity index (χ0v) is 11.8. The van der Waals surface area contributed by atoms with Crippen molar-refractivity contribution in [3.05, 3.63) is 58.9 Å². The molecule has 1 atom stereocenters. The lowest BCUT2D eigenvalue weighted by molar-refractivity contribution is -0.136. The Hall–Kier alpha value is -2.36. The molecule has 1 unspecified atom stereocenters. The number of allylic oxidation sites excluding steroid dienone is 3. The number of ether oxygens (including phenoxy) is 1. The van der Waals surface area contributed by atoms with Crippen LogP contribution in [0.3, 0.4) is 0 Å². The highest BCUT2D eigenvalue weighted by Crippen LogP contribution is 2.32. The van der Waals surface area contributed by atoms with Gasteiger partial charge < -0.3 is 10.1 Å². The first-order valence-electron chi connectivity index (χ1n) is 6.38. The van der Waals surface area contributed by atoms with Crippen molar-refractivity contribution in [1.82, 2.24) is 5.32 Å². The third-order valence-corrected chi connectivity index (χ3v) is 3.31. The van der Waals surface area contributed by atoms with Crippen molar-refractivity contribution >= 4 is 11.8 Å². The molecule has 4 heteroatoms. The van der Waals surface area contributed by atoms with Gasteiger partial charge in [-0.1, -0.05) is 30.3 Å². The van der Waals surface area contributed by atoms with Crippen LogP contribution in [-0.2, 0) is 14.3 Å². The second-order valence-electron chi connectivity index (χ2n) is 4.68. The Balaban J connectivity index is 2.50. The van der Waals surface area contributed by atoms with Gasteiger partial charge in [-0.3, -0.25) is 4.79 Å². The molecule has 104 valence electrons. The molecule has 0 aliphatic carbocycles. The number of esters is 1. The minimum atomic E-state index is -0.437. The maximum absolute atomic E-state index is 11.9. The van der Waals surface area contributed by atoms with E-state index in [-0.39, 0.29) is 11.7 Å². The average molecular weight is 271 g/mol. The van der Waals surface area contributed by atoms with Crippen molar-refractivity contribution in [1.29, 1.82) is 0 Å². The van der Waals surface area contributed by atoms with E-state index in [4.69, 9.17) is 4.74 Å². The van der Waals surface area contributed by atoms with E-state index < -0.39 is 5.97 Å². The maximum atomic E-state index is 11.9. The Morgan fingerprint density at radius 2 is 1.85 bits per heavy atom. The summed E-state index contributed by atoms with van der Waals surface area (Å²) >= 11 is 0. The first-order valence-corrected chi connectivity index (χ1v) is 6.38. The molecule has 0 radical (unpaired) electrons. The first-order chi connectivity index (χ1) is 9.54. The van der Waals surface area contributed by atoms with E-state index in [0.717, 1.165) is 5.56 Å². The number of benzene rings is 1. The van der Waals surface area contributed by atoms with Gasteiger partial charge >= 0.3 is 5.97 Å². The van der Waals surface area contributed by atoms with Gasteiger partial charge in [0.2, 0.25) is 0 Å². The lowest BCUT2D eigenvalue weighted by atomic mass is 9.85. The molecule has 0 amide bonds. The molecule has 0 saturated carbocycles. The van der Waals surface area contributed by atoms with Crippen molar-refractivity contribution in [3.63, 3.8) is 0 Å². The molecule has 20 heavy (non-hydrogen) atoms. The summed E-state index contributed by atoms with van der Waals surface area (Å²) in [5, 5.41) is 2.94. The minimum Gasteiger partial charge on any atom is -0.464 e. The number of nitrogens with one attached hydrogen (secondary N) is 1. The van der Waals surface area contributed by atoms with Gasteiger partial charge in [0.25, 0.3) is 0 Å². The number of ketones is 1. The van der Waals surface area contributed by atoms with Crippen LogP contribution in [0.4, 0.5) is 0 Å². The van der Waals surface area contributed by atoms with Gasteiger partial charge in [0, 0.05) is 17.2 Å². The van der Waals surface area contributed by atoms with Crippen LogP contribution in [0.5, 0.6) is 0 Å². The molecular formula is C16H17NO3. The minimum absolute atomic E-state index is 0.0102. The first kappa shape index (κ1) is 14.1. The molecule has 0 bridgehead atoms. The predicted octanol–water partition coefficient (Wildman–Crippen LogP) is 2.29. The van der Waals surface area contributed by atoms with Crippen molar-refractivity contribution in [2.45, 2.75) is 19.8 Å². The molecule has 1 N–H and O–H groups in total. The van der Waals surface area contributed by atoms with Crippen molar-refractivity contribution in [2.24, 2.45) is 0 Å². The van der Waals surface area contributed by atoms with Gasteiger partial charge in [-0.05, 0) is 25.5 Å². The molecule has 0 fully saturated rings. The molecular weight excluding hydrogens is 254 g/mol. The molecule has 1 aliphatic rings. The van der Waals surface area contributed by atoms with E-state index in [0.29, 0.717) is 17.0 Å². The number of Topliss-reactive ketones (excluding diaryl/α,β-unsaturated/α-hetero) is 1. The number of methoxy groups -OCH3 is 1. The highest BCUT2D eigenvalue weighted by Gasteiger charge is 2.27. The number of carbonyl (C=O) groups is 2. The largest absolute Gasteiger partial charge is 0.464 e. The summed E-state index contributed by atoms with van der Waals surface area (Å²) in [5.41, 5.74) is 2.70. The lowest BCUT2D eigenvalue weighted by Gasteiger charge is -2.25. The van der Waals surface area contributed by atoms with Gasteiger partial charge in [-0.15, -0.1) is 0 Å². The number of hydrogen-bond donors (Lipinski definition) is 1. The van der Waals surface area contributed by atoms with Gasteiger partial charge in [0.15, 0.2) is 5.78 Å². The quantitative estimate of drug-likeness (QED) is 0.857. The molecule has 0 saturated heterocycles. The fourth-order valence-corrected chi connectivity index (χ4v) is 2.43. The van der Waals surface area contributed by atoms with Crippen LogP contribution in [0.2, 0.25) is 0 Å². The zero-order chi connectivity index (χ0) is 14.7. The zero-order valence-electron chi connectivity index (χ0n) is 11.8. The SMILES string of the molecule is COC(=O)C1=CC(c2ccccc2)C(C(C)=O)=C(C)N1. The van der Waals surface area contributed by atoms with Crippen LogP contribution >= 0.6 is 0 Å². The van der Waals surface area contributed by atoms with Crippen LogP contribution in [0.1, 0.15) is 25.3 Å². The van der Waals surface area contributed by atoms with Crippen LogP contribution in [0, 0.1) is 0 Å². The Morgan fingerprint density at radius 1 is 1.20 bits per heavy atom. The van der Waals surface area contributed by atoms with Gasteiger partial charge in [0.05, 0.1) is 7.11 Å². The molecule has 0 spiro atoms. The summed E-state index contributed by atoms with van der Waals surface area (Å²) in [4.78, 5) is 23.6. The summed E-state index contributed by atoms with van der Waals surface area (Å²) in [5.74, 6) is -0.680. The maximum Gasteiger partial charge on any atom is 0.354 e. The Morgan fingerprint density at radius 3 is 2.40 bits per heavy atom. The number of hydrogen-bond acceptors (Lipinski definition) is 4. The Bertz CT molecular complexity index is 599. The number of rotatable bonds is 3. The lowest BCUT2D eigenvalue weighted by Crippen LogP contribution is -2.28. The predicted molar refractivity (Wildman–Crippen MR) is 75.8 cm³/mol. The second-order valence-corrected chi connectivity index (χ2v) is 4.68. The molecule has 1 aromatic carbocycles. The molecule has 1 aromatic rings. The summed E-state index contributed by atoms with van der Waals surface area (Å²) in [6.07, 6.45) is 1.74. The highest BCUT2D eigenvalue weighted by atomic mass is 16.5. The van der Waals surface area contributed by atoms with E-state index >= 15 is 0 Å². The molecule has 1 heterocycles. The van der Waals surface area contributed by atoms with E-state index in [2.05, 4.69) is 5.32 Å². The number of carbonyl (C=O) groups excluding carboxylic acids is 2. The Labute approximate surface area is 118 Å². The Kier molecular flexibility index (Phi) is 4.03. The van der Waals surface area contributed by atoms with Crippen LogP contribution in [-0.4, -0.2) is 18.9 Å². The van der Waals surface area contributed by atoms with Crippen molar-refractivity contribution in [3.8, 4) is 0 Å². The van der Waals surface area contributed by atoms with E-state index in [1.807, 2.05) is 30.3 Å². The summed E-state index contributed by atoms with van der Waals surface area (Å²) in [6, 6.07) is 9.63. The van der Waals surface area contributed by atoms with Gasteiger partial charge in [-0.2, -0.15) is 0 Å².